The summed E-state index contributed by atoms with van der Waals surface area (Å²) in [5.41, 5.74) is 5.17. The Morgan fingerprint density at radius 2 is 1.33 bits per heavy atom. The second-order valence-corrected chi connectivity index (χ2v) is 6.40. The van der Waals surface area contributed by atoms with E-state index in [2.05, 4.69) is 56.2 Å². The van der Waals surface area contributed by atoms with Crippen LogP contribution >= 0.6 is 15.9 Å². The molecule has 0 atom stereocenters. The molecule has 3 nitrogen and oxygen atoms in total. The molecule has 0 spiro atoms. The van der Waals surface area contributed by atoms with Gasteiger partial charge in [0, 0.05) is 23.5 Å². The smallest absolute Gasteiger partial charge is 0.161 e. The van der Waals surface area contributed by atoms with Crippen molar-refractivity contribution >= 4 is 15.9 Å². The Morgan fingerprint density at radius 3 is 2.00 bits per heavy atom. The van der Waals surface area contributed by atoms with Gasteiger partial charge in [-0.25, -0.2) is 9.97 Å². The Morgan fingerprint density at radius 1 is 0.667 bits per heavy atom. The lowest BCUT2D eigenvalue weighted by Crippen LogP contribution is -1.93. The number of hydrogen-bond donors (Lipinski definition) is 0. The number of hydrogen-bond acceptors (Lipinski definition) is 3. The molecule has 0 amide bonds. The monoisotopic (exact) mass is 417 g/mol. The van der Waals surface area contributed by atoms with Gasteiger partial charge in [0.25, 0.3) is 0 Å². The van der Waals surface area contributed by atoms with E-state index in [1.807, 2.05) is 62.5 Å². The lowest BCUT2D eigenvalue weighted by Gasteiger charge is -2.07. The predicted molar refractivity (Wildman–Crippen MR) is 115 cm³/mol. The third kappa shape index (κ3) is 4.66. The summed E-state index contributed by atoms with van der Waals surface area (Å²) in [4.78, 5) is 13.4. The number of rotatable bonds is 3. The molecule has 134 valence electrons. The maximum atomic E-state index is 4.72. The molecule has 2 aromatic heterocycles. The van der Waals surface area contributed by atoms with Gasteiger partial charge in [-0.2, -0.15) is 0 Å². The van der Waals surface area contributed by atoms with E-state index < -0.39 is 0 Å². The minimum absolute atomic E-state index is 0.710. The summed E-state index contributed by atoms with van der Waals surface area (Å²) in [6, 6.07) is 24.2. The van der Waals surface area contributed by atoms with E-state index >= 15 is 0 Å². The van der Waals surface area contributed by atoms with Gasteiger partial charge < -0.3 is 0 Å². The molecule has 2 aromatic carbocycles. The first-order chi connectivity index (χ1) is 13.3. The van der Waals surface area contributed by atoms with Crippen molar-refractivity contribution in [2.45, 2.75) is 13.8 Å². The van der Waals surface area contributed by atoms with E-state index in [1.165, 1.54) is 0 Å². The molecule has 0 bridgehead atoms. The van der Waals surface area contributed by atoms with Crippen LogP contribution in [0.1, 0.15) is 13.8 Å². The van der Waals surface area contributed by atoms with Crippen LogP contribution in [0.5, 0.6) is 0 Å². The summed E-state index contributed by atoms with van der Waals surface area (Å²) in [7, 11) is 0. The molecule has 0 fully saturated rings. The number of benzene rings is 2. The first-order valence-electron chi connectivity index (χ1n) is 8.90. The Hall–Kier alpha value is -2.85. The van der Waals surface area contributed by atoms with Crippen LogP contribution in [0.4, 0.5) is 0 Å². The van der Waals surface area contributed by atoms with Gasteiger partial charge in [-0.1, -0.05) is 74.5 Å². The summed E-state index contributed by atoms with van der Waals surface area (Å²) in [6.45, 7) is 4.00. The van der Waals surface area contributed by atoms with E-state index in [0.29, 0.717) is 5.82 Å². The van der Waals surface area contributed by atoms with Gasteiger partial charge in [-0.05, 0) is 39.2 Å². The average molecular weight is 418 g/mol. The number of halogens is 1. The van der Waals surface area contributed by atoms with Crippen LogP contribution in [-0.4, -0.2) is 15.0 Å². The van der Waals surface area contributed by atoms with Gasteiger partial charge >= 0.3 is 0 Å². The SMILES string of the molecule is Brc1cc(-c2ccc(-c3cccnc3)cc2)nc(-c2ccccc2)n1.CC. The zero-order valence-corrected chi connectivity index (χ0v) is 16.9. The Balaban J connectivity index is 0.00000102. The van der Waals surface area contributed by atoms with Crippen LogP contribution < -0.4 is 0 Å². The van der Waals surface area contributed by atoms with Crippen molar-refractivity contribution in [1.82, 2.24) is 15.0 Å². The minimum atomic E-state index is 0.710. The lowest BCUT2D eigenvalue weighted by molar-refractivity contribution is 1.15. The summed E-state index contributed by atoms with van der Waals surface area (Å²) in [5, 5.41) is 0. The molecule has 0 aliphatic heterocycles. The predicted octanol–water partition coefficient (Wildman–Crippen LogP) is 6.66. The molecule has 2 heterocycles. The summed E-state index contributed by atoms with van der Waals surface area (Å²) < 4.78 is 0.771. The molecular formula is C23H20BrN3. The van der Waals surface area contributed by atoms with E-state index in [9.17, 15) is 0 Å². The van der Waals surface area contributed by atoms with Crippen molar-refractivity contribution in [1.29, 1.82) is 0 Å². The van der Waals surface area contributed by atoms with Crippen molar-refractivity contribution in [3.63, 3.8) is 0 Å². The highest BCUT2D eigenvalue weighted by Gasteiger charge is 2.08. The normalized spacial score (nSPS) is 10.0. The molecule has 0 N–H and O–H groups in total. The molecule has 0 unspecified atom stereocenters. The Bertz CT molecular complexity index is 985. The van der Waals surface area contributed by atoms with Crippen molar-refractivity contribution < 1.29 is 0 Å². The second-order valence-electron chi connectivity index (χ2n) is 5.58. The highest BCUT2D eigenvalue weighted by molar-refractivity contribution is 9.10. The molecule has 0 saturated carbocycles. The quantitative estimate of drug-likeness (QED) is 0.349. The molecule has 0 aliphatic rings. The van der Waals surface area contributed by atoms with Crippen LogP contribution in [0, 0.1) is 0 Å². The van der Waals surface area contributed by atoms with Gasteiger partial charge in [0.05, 0.1) is 5.69 Å². The van der Waals surface area contributed by atoms with Crippen LogP contribution in [-0.2, 0) is 0 Å². The summed E-state index contributed by atoms with van der Waals surface area (Å²) >= 11 is 3.50. The zero-order valence-electron chi connectivity index (χ0n) is 15.3. The maximum Gasteiger partial charge on any atom is 0.161 e. The average Bonchev–Trinajstić information content (AvgIpc) is 2.76. The molecule has 4 heteroatoms. The van der Waals surface area contributed by atoms with E-state index in [4.69, 9.17) is 4.98 Å². The Labute approximate surface area is 168 Å². The van der Waals surface area contributed by atoms with Gasteiger partial charge in [0.1, 0.15) is 4.60 Å². The lowest BCUT2D eigenvalue weighted by atomic mass is 10.0. The van der Waals surface area contributed by atoms with Gasteiger partial charge in [0.2, 0.25) is 0 Å². The third-order valence-electron chi connectivity index (χ3n) is 3.90. The summed E-state index contributed by atoms with van der Waals surface area (Å²) in [6.07, 6.45) is 3.64. The molecule has 4 rings (SSSR count). The second kappa shape index (κ2) is 9.19. The molecule has 0 radical (unpaired) electrons. The third-order valence-corrected chi connectivity index (χ3v) is 4.31. The molecule has 0 aliphatic carbocycles. The number of nitrogens with zero attached hydrogens (tertiary/aromatic N) is 3. The maximum absolute atomic E-state index is 4.72. The number of pyridine rings is 1. The van der Waals surface area contributed by atoms with Gasteiger partial charge in [-0.3, -0.25) is 4.98 Å². The first-order valence-corrected chi connectivity index (χ1v) is 9.70. The molecular weight excluding hydrogens is 398 g/mol. The van der Waals surface area contributed by atoms with Gasteiger partial charge in [0.15, 0.2) is 5.82 Å². The fourth-order valence-corrected chi connectivity index (χ4v) is 3.03. The van der Waals surface area contributed by atoms with Crippen molar-refractivity contribution in [2.24, 2.45) is 0 Å². The standard InChI is InChI=1S/C21H14BrN3.C2H6/c22-20-13-19(24-21(25-20)17-5-2-1-3-6-17)16-10-8-15(9-11-16)18-7-4-12-23-14-18;1-2/h1-14H;1-2H3. The number of aromatic nitrogens is 3. The van der Waals surface area contributed by atoms with Crippen LogP contribution in [0.3, 0.4) is 0 Å². The molecule has 0 saturated heterocycles. The summed E-state index contributed by atoms with van der Waals surface area (Å²) in [5.74, 6) is 0.710. The van der Waals surface area contributed by atoms with Crippen molar-refractivity contribution in [3.8, 4) is 33.8 Å². The molecule has 4 aromatic rings. The highest BCUT2D eigenvalue weighted by atomic mass is 79.9. The van der Waals surface area contributed by atoms with Crippen molar-refractivity contribution in [2.75, 3.05) is 0 Å². The van der Waals surface area contributed by atoms with E-state index in [1.54, 1.807) is 6.20 Å². The van der Waals surface area contributed by atoms with E-state index in [0.717, 1.165) is 32.6 Å². The minimum Gasteiger partial charge on any atom is -0.264 e. The van der Waals surface area contributed by atoms with Crippen LogP contribution in [0.25, 0.3) is 33.8 Å². The first kappa shape index (κ1) is 18.9. The highest BCUT2D eigenvalue weighted by Crippen LogP contribution is 2.27. The Kier molecular flexibility index (Phi) is 6.44. The van der Waals surface area contributed by atoms with Crippen LogP contribution in [0.15, 0.2) is 89.8 Å². The fraction of sp³-hybridized carbons (Fsp3) is 0.0870. The van der Waals surface area contributed by atoms with Crippen molar-refractivity contribution in [3.05, 3.63) is 89.8 Å². The largest absolute Gasteiger partial charge is 0.264 e. The van der Waals surface area contributed by atoms with Gasteiger partial charge in [-0.15, -0.1) is 0 Å². The molecule has 27 heavy (non-hydrogen) atoms. The fourth-order valence-electron chi connectivity index (χ4n) is 2.65. The van der Waals surface area contributed by atoms with Crippen LogP contribution in [0.2, 0.25) is 0 Å². The van der Waals surface area contributed by atoms with E-state index in [-0.39, 0.29) is 0 Å². The topological polar surface area (TPSA) is 38.7 Å². The zero-order chi connectivity index (χ0) is 19.1.